The Morgan fingerprint density at radius 1 is 1.35 bits per heavy atom. The van der Waals surface area contributed by atoms with Gasteiger partial charge in [-0.2, -0.15) is 0 Å². The fraction of sp³-hybridized carbons (Fsp3) is 0.438. The Labute approximate surface area is 129 Å². The van der Waals surface area contributed by atoms with E-state index < -0.39 is 0 Å². The van der Waals surface area contributed by atoms with Crippen molar-refractivity contribution in [2.45, 2.75) is 39.8 Å². The largest absolute Gasteiger partial charge is 0.335 e. The molecule has 2 rings (SSSR count). The number of hydrogen-bond donors (Lipinski definition) is 1. The number of aromatic nitrogens is 2. The van der Waals surface area contributed by atoms with Crippen LogP contribution in [-0.2, 0) is 13.0 Å². The quantitative estimate of drug-likeness (QED) is 0.868. The predicted octanol–water partition coefficient (Wildman–Crippen LogP) is 3.87. The molecule has 0 fully saturated rings. The fourth-order valence-corrected chi connectivity index (χ4v) is 3.22. The standard InChI is InChI=1S/C16H22BrN3/c1-4-18-15(11-16-19-8-9-20(16)5-2)13-7-6-12(3)10-14(13)17/h6-10,15,18H,4-5,11H2,1-3H3. The minimum Gasteiger partial charge on any atom is -0.335 e. The van der Waals surface area contributed by atoms with Gasteiger partial charge in [-0.3, -0.25) is 0 Å². The van der Waals surface area contributed by atoms with Gasteiger partial charge in [0.15, 0.2) is 0 Å². The minimum atomic E-state index is 0.280. The average molecular weight is 336 g/mol. The van der Waals surface area contributed by atoms with Crippen LogP contribution in [0.5, 0.6) is 0 Å². The first-order valence-corrected chi connectivity index (χ1v) is 7.94. The smallest absolute Gasteiger partial charge is 0.110 e. The van der Waals surface area contributed by atoms with Crippen molar-refractivity contribution in [2.24, 2.45) is 0 Å². The highest BCUT2D eigenvalue weighted by Gasteiger charge is 2.16. The van der Waals surface area contributed by atoms with E-state index in [4.69, 9.17) is 0 Å². The molecule has 0 amide bonds. The fourth-order valence-electron chi connectivity index (χ4n) is 2.45. The van der Waals surface area contributed by atoms with E-state index in [1.807, 2.05) is 12.4 Å². The van der Waals surface area contributed by atoms with Gasteiger partial charge in [0.2, 0.25) is 0 Å². The van der Waals surface area contributed by atoms with E-state index in [2.05, 4.69) is 69.8 Å². The summed E-state index contributed by atoms with van der Waals surface area (Å²) in [6.45, 7) is 8.30. The highest BCUT2D eigenvalue weighted by Crippen LogP contribution is 2.27. The number of hydrogen-bond acceptors (Lipinski definition) is 2. The van der Waals surface area contributed by atoms with Crippen molar-refractivity contribution in [1.82, 2.24) is 14.9 Å². The molecule has 0 saturated carbocycles. The summed E-state index contributed by atoms with van der Waals surface area (Å²) >= 11 is 3.69. The van der Waals surface area contributed by atoms with Gasteiger partial charge in [-0.1, -0.05) is 35.0 Å². The predicted molar refractivity (Wildman–Crippen MR) is 86.9 cm³/mol. The molecule has 108 valence electrons. The van der Waals surface area contributed by atoms with E-state index in [-0.39, 0.29) is 6.04 Å². The summed E-state index contributed by atoms with van der Waals surface area (Å²) in [7, 11) is 0. The van der Waals surface area contributed by atoms with Crippen molar-refractivity contribution in [1.29, 1.82) is 0 Å². The molecule has 0 saturated heterocycles. The molecule has 3 nitrogen and oxygen atoms in total. The Balaban J connectivity index is 2.27. The van der Waals surface area contributed by atoms with E-state index in [0.717, 1.165) is 29.8 Å². The number of imidazole rings is 1. The lowest BCUT2D eigenvalue weighted by molar-refractivity contribution is 0.520. The van der Waals surface area contributed by atoms with Gasteiger partial charge in [-0.15, -0.1) is 0 Å². The van der Waals surface area contributed by atoms with Crippen molar-refractivity contribution < 1.29 is 0 Å². The molecule has 20 heavy (non-hydrogen) atoms. The second-order valence-electron chi connectivity index (χ2n) is 4.97. The first kappa shape index (κ1) is 15.3. The van der Waals surface area contributed by atoms with Crippen LogP contribution in [0.1, 0.15) is 36.8 Å². The SMILES string of the molecule is CCNC(Cc1nccn1CC)c1ccc(C)cc1Br. The molecule has 1 aromatic carbocycles. The lowest BCUT2D eigenvalue weighted by atomic mass is 10.0. The molecule has 0 aliphatic rings. The minimum absolute atomic E-state index is 0.280. The van der Waals surface area contributed by atoms with Crippen LogP contribution in [0, 0.1) is 6.92 Å². The first-order chi connectivity index (χ1) is 9.65. The van der Waals surface area contributed by atoms with Gasteiger partial charge in [-0.05, 0) is 37.6 Å². The van der Waals surface area contributed by atoms with Crippen LogP contribution in [0.15, 0.2) is 35.1 Å². The highest BCUT2D eigenvalue weighted by atomic mass is 79.9. The third-order valence-electron chi connectivity index (χ3n) is 3.51. The van der Waals surface area contributed by atoms with Gasteiger partial charge in [-0.25, -0.2) is 4.98 Å². The van der Waals surface area contributed by atoms with Gasteiger partial charge < -0.3 is 9.88 Å². The molecule has 1 unspecified atom stereocenters. The van der Waals surface area contributed by atoms with Crippen LogP contribution in [0.3, 0.4) is 0 Å². The molecule has 0 radical (unpaired) electrons. The number of nitrogens with zero attached hydrogens (tertiary/aromatic N) is 2. The second kappa shape index (κ2) is 7.04. The average Bonchev–Trinajstić information content (AvgIpc) is 2.85. The summed E-state index contributed by atoms with van der Waals surface area (Å²) in [5.74, 6) is 1.13. The van der Waals surface area contributed by atoms with Crippen molar-refractivity contribution in [3.63, 3.8) is 0 Å². The molecule has 1 aromatic heterocycles. The lowest BCUT2D eigenvalue weighted by Gasteiger charge is -2.20. The Bertz CT molecular complexity index is 563. The van der Waals surface area contributed by atoms with Crippen molar-refractivity contribution in [3.8, 4) is 0 Å². The van der Waals surface area contributed by atoms with Gasteiger partial charge in [0.1, 0.15) is 5.82 Å². The zero-order valence-electron chi connectivity index (χ0n) is 12.4. The molecule has 0 bridgehead atoms. The molecule has 4 heteroatoms. The Hall–Kier alpha value is -1.13. The highest BCUT2D eigenvalue weighted by molar-refractivity contribution is 9.10. The number of likely N-dealkylation sites (N-methyl/N-ethyl adjacent to an activating group) is 1. The molecular formula is C16H22BrN3. The summed E-state index contributed by atoms with van der Waals surface area (Å²) in [5.41, 5.74) is 2.56. The third kappa shape index (κ3) is 3.49. The summed E-state index contributed by atoms with van der Waals surface area (Å²) in [6, 6.07) is 6.82. The van der Waals surface area contributed by atoms with Gasteiger partial charge in [0, 0.05) is 35.9 Å². The van der Waals surface area contributed by atoms with Crippen molar-refractivity contribution in [2.75, 3.05) is 6.54 Å². The van der Waals surface area contributed by atoms with E-state index in [9.17, 15) is 0 Å². The summed E-state index contributed by atoms with van der Waals surface area (Å²) in [4.78, 5) is 4.49. The molecule has 1 N–H and O–H groups in total. The van der Waals surface area contributed by atoms with Crippen LogP contribution in [0.25, 0.3) is 0 Å². The monoisotopic (exact) mass is 335 g/mol. The van der Waals surface area contributed by atoms with Crippen LogP contribution in [-0.4, -0.2) is 16.1 Å². The maximum absolute atomic E-state index is 4.49. The third-order valence-corrected chi connectivity index (χ3v) is 4.20. The van der Waals surface area contributed by atoms with Gasteiger partial charge in [0.05, 0.1) is 0 Å². The maximum atomic E-state index is 4.49. The number of benzene rings is 1. The normalized spacial score (nSPS) is 12.6. The molecule has 0 aliphatic carbocycles. The van der Waals surface area contributed by atoms with E-state index in [1.165, 1.54) is 11.1 Å². The molecule has 0 aliphatic heterocycles. The number of nitrogens with one attached hydrogen (secondary N) is 1. The first-order valence-electron chi connectivity index (χ1n) is 7.15. The molecule has 1 heterocycles. The van der Waals surface area contributed by atoms with E-state index in [0.29, 0.717) is 0 Å². The summed E-state index contributed by atoms with van der Waals surface area (Å²) < 4.78 is 3.37. The maximum Gasteiger partial charge on any atom is 0.110 e. The van der Waals surface area contributed by atoms with Crippen molar-refractivity contribution in [3.05, 3.63) is 52.0 Å². The molecule has 1 atom stereocenters. The molecule has 2 aromatic rings. The van der Waals surface area contributed by atoms with E-state index >= 15 is 0 Å². The molecule has 0 spiro atoms. The Morgan fingerprint density at radius 3 is 2.80 bits per heavy atom. The van der Waals surface area contributed by atoms with Crippen LogP contribution >= 0.6 is 15.9 Å². The van der Waals surface area contributed by atoms with Crippen LogP contribution in [0.4, 0.5) is 0 Å². The zero-order valence-corrected chi connectivity index (χ0v) is 13.9. The number of halogens is 1. The topological polar surface area (TPSA) is 29.9 Å². The molecular weight excluding hydrogens is 314 g/mol. The Kier molecular flexibility index (Phi) is 5.38. The summed E-state index contributed by atoms with van der Waals surface area (Å²) in [5, 5.41) is 3.57. The second-order valence-corrected chi connectivity index (χ2v) is 5.82. The van der Waals surface area contributed by atoms with Crippen LogP contribution in [0.2, 0.25) is 0 Å². The van der Waals surface area contributed by atoms with Crippen molar-refractivity contribution >= 4 is 15.9 Å². The van der Waals surface area contributed by atoms with Gasteiger partial charge in [0.25, 0.3) is 0 Å². The number of aryl methyl sites for hydroxylation is 2. The van der Waals surface area contributed by atoms with Crippen LogP contribution < -0.4 is 5.32 Å². The van der Waals surface area contributed by atoms with E-state index in [1.54, 1.807) is 0 Å². The lowest BCUT2D eigenvalue weighted by Crippen LogP contribution is -2.24. The number of rotatable bonds is 6. The summed E-state index contributed by atoms with van der Waals surface area (Å²) in [6.07, 6.45) is 4.82. The Morgan fingerprint density at radius 2 is 2.15 bits per heavy atom. The zero-order chi connectivity index (χ0) is 14.5. The van der Waals surface area contributed by atoms with Gasteiger partial charge >= 0.3 is 0 Å².